The minimum atomic E-state index is -0.733. The summed E-state index contributed by atoms with van der Waals surface area (Å²) in [6, 6.07) is 12.2. The largest absolute Gasteiger partial charge is 0.375 e. The highest BCUT2D eigenvalue weighted by molar-refractivity contribution is 8.13. The van der Waals surface area contributed by atoms with Crippen molar-refractivity contribution in [3.63, 3.8) is 0 Å². The number of amidine groups is 1. The zero-order valence-electron chi connectivity index (χ0n) is 18.7. The van der Waals surface area contributed by atoms with Crippen LogP contribution in [0.2, 0.25) is 5.02 Å². The first-order chi connectivity index (χ1) is 16.9. The van der Waals surface area contributed by atoms with Crippen LogP contribution >= 0.6 is 34.7 Å². The number of pyridine rings is 1. The number of halogens is 1. The molecular formula is C24H22ClN5O3S2. The van der Waals surface area contributed by atoms with Gasteiger partial charge in [0.2, 0.25) is 0 Å². The molecule has 1 unspecified atom stereocenters. The van der Waals surface area contributed by atoms with Crippen LogP contribution in [0.3, 0.4) is 0 Å². The Kier molecular flexibility index (Phi) is 6.88. The van der Waals surface area contributed by atoms with Crippen LogP contribution in [0.5, 0.6) is 0 Å². The van der Waals surface area contributed by atoms with Crippen LogP contribution in [0.15, 0.2) is 59.0 Å². The Labute approximate surface area is 215 Å². The molecular weight excluding hydrogens is 506 g/mol. The summed E-state index contributed by atoms with van der Waals surface area (Å²) >= 11 is 8.81. The van der Waals surface area contributed by atoms with Crippen LogP contribution in [-0.2, 0) is 10.3 Å². The van der Waals surface area contributed by atoms with Crippen LogP contribution < -0.4 is 10.6 Å². The lowest BCUT2D eigenvalue weighted by Crippen LogP contribution is -2.50. The van der Waals surface area contributed by atoms with Crippen LogP contribution in [0, 0.1) is 5.92 Å². The van der Waals surface area contributed by atoms with Gasteiger partial charge in [0.05, 0.1) is 17.7 Å². The zero-order chi connectivity index (χ0) is 24.4. The van der Waals surface area contributed by atoms with Gasteiger partial charge < -0.3 is 15.4 Å². The first-order valence-electron chi connectivity index (χ1n) is 11.0. The standard InChI is InChI=1S/C24H22ClN5O3S2/c1-14-9-16-11-35-23(29-20(31)15-5-3-2-4-6-15)30-24(16,13-33-14)22-28-19(12-34-22)27-21(32)18-8-7-17(25)10-26-18/h2-8,10,12,14,16H,9,11,13H2,1H3,(H,27,32)(H,29,30,31)/t14-,16-,24?/m0/s1. The van der Waals surface area contributed by atoms with Crippen molar-refractivity contribution in [1.29, 1.82) is 0 Å². The minimum absolute atomic E-state index is 0.111. The highest BCUT2D eigenvalue weighted by Gasteiger charge is 2.49. The summed E-state index contributed by atoms with van der Waals surface area (Å²) in [4.78, 5) is 39.1. The van der Waals surface area contributed by atoms with Crippen molar-refractivity contribution < 1.29 is 14.3 Å². The Balaban J connectivity index is 1.40. The maximum Gasteiger partial charge on any atom is 0.275 e. The van der Waals surface area contributed by atoms with E-state index in [1.54, 1.807) is 29.6 Å². The molecule has 180 valence electrons. The second-order valence-corrected chi connectivity index (χ2v) is 10.7. The van der Waals surface area contributed by atoms with Gasteiger partial charge in [0.15, 0.2) is 5.17 Å². The highest BCUT2D eigenvalue weighted by atomic mass is 35.5. The first kappa shape index (κ1) is 23.9. The summed E-state index contributed by atoms with van der Waals surface area (Å²) in [5.74, 6) is 0.790. The maximum atomic E-state index is 12.7. The molecule has 2 aliphatic heterocycles. The summed E-state index contributed by atoms with van der Waals surface area (Å²) in [7, 11) is 0. The highest BCUT2D eigenvalue weighted by Crippen LogP contribution is 2.47. The lowest BCUT2D eigenvalue weighted by atomic mass is 9.80. The van der Waals surface area contributed by atoms with Crippen LogP contribution in [0.1, 0.15) is 39.2 Å². The van der Waals surface area contributed by atoms with E-state index in [2.05, 4.69) is 22.5 Å². The molecule has 1 fully saturated rings. The number of hydrogen-bond donors (Lipinski definition) is 2. The van der Waals surface area contributed by atoms with Gasteiger partial charge in [0, 0.05) is 28.8 Å². The number of nitrogens with one attached hydrogen (secondary N) is 2. The fourth-order valence-electron chi connectivity index (χ4n) is 4.10. The van der Waals surface area contributed by atoms with Crippen molar-refractivity contribution in [1.82, 2.24) is 15.3 Å². The van der Waals surface area contributed by atoms with Crippen LogP contribution in [-0.4, -0.2) is 45.4 Å². The first-order valence-corrected chi connectivity index (χ1v) is 13.3. The molecule has 2 aliphatic rings. The Hall–Kier alpha value is -2.79. The summed E-state index contributed by atoms with van der Waals surface area (Å²) in [5, 5.41) is 9.26. The number of carbonyl (C=O) groups is 2. The normalized spacial score (nSPS) is 23.7. The van der Waals surface area contributed by atoms with E-state index >= 15 is 0 Å². The average Bonchev–Trinajstić information content (AvgIpc) is 3.34. The number of carbonyl (C=O) groups excluding carboxylic acids is 2. The van der Waals surface area contributed by atoms with Gasteiger partial charge in [0.25, 0.3) is 11.8 Å². The third-order valence-corrected chi connectivity index (χ3v) is 8.20. The summed E-state index contributed by atoms with van der Waals surface area (Å²) in [6.07, 6.45) is 2.36. The second kappa shape index (κ2) is 10.1. The molecule has 2 aromatic heterocycles. The number of thioether (sulfide) groups is 1. The Morgan fingerprint density at radius 3 is 2.74 bits per heavy atom. The number of ether oxygens (including phenoxy) is 1. The molecule has 4 heterocycles. The number of thiazole rings is 1. The summed E-state index contributed by atoms with van der Waals surface area (Å²) in [6.45, 7) is 2.40. The van der Waals surface area contributed by atoms with E-state index in [1.807, 2.05) is 18.2 Å². The molecule has 0 bridgehead atoms. The van der Waals surface area contributed by atoms with E-state index in [4.69, 9.17) is 26.3 Å². The molecule has 3 aromatic rings. The second-order valence-electron chi connectivity index (χ2n) is 8.38. The molecule has 5 rings (SSSR count). The summed E-state index contributed by atoms with van der Waals surface area (Å²) < 4.78 is 6.04. The molecule has 1 aromatic carbocycles. The number of rotatable bonds is 4. The fraction of sp³-hybridized carbons (Fsp3) is 0.292. The molecule has 0 aliphatic carbocycles. The SMILES string of the molecule is C[C@H]1C[C@H]2CSC(NC(=O)c3ccccc3)=NC2(c2nc(NC(=O)c3ccc(Cl)cn3)cs2)CO1. The van der Waals surface area contributed by atoms with Gasteiger partial charge in [-0.25, -0.2) is 15.0 Å². The molecule has 11 heteroatoms. The third-order valence-electron chi connectivity index (χ3n) is 5.93. The minimum Gasteiger partial charge on any atom is -0.375 e. The van der Waals surface area contributed by atoms with Crippen molar-refractivity contribution in [3.8, 4) is 0 Å². The predicted octanol–water partition coefficient (Wildman–Crippen LogP) is 4.60. The number of aliphatic imine (C=N–C) groups is 1. The summed E-state index contributed by atoms with van der Waals surface area (Å²) in [5.41, 5.74) is 0.0758. The van der Waals surface area contributed by atoms with Crippen molar-refractivity contribution >= 4 is 57.5 Å². The lowest BCUT2D eigenvalue weighted by Gasteiger charge is -2.44. The molecule has 8 nitrogen and oxygen atoms in total. The monoisotopic (exact) mass is 527 g/mol. The Morgan fingerprint density at radius 1 is 1.14 bits per heavy atom. The number of aromatic nitrogens is 2. The van der Waals surface area contributed by atoms with E-state index in [1.165, 1.54) is 29.3 Å². The Morgan fingerprint density at radius 2 is 1.97 bits per heavy atom. The quantitative estimate of drug-likeness (QED) is 0.514. The maximum absolute atomic E-state index is 12.7. The van der Waals surface area contributed by atoms with Gasteiger partial charge >= 0.3 is 0 Å². The van der Waals surface area contributed by atoms with Gasteiger partial charge in [-0.05, 0) is 37.6 Å². The molecule has 0 spiro atoms. The van der Waals surface area contributed by atoms with Crippen molar-refractivity contribution in [2.75, 3.05) is 17.7 Å². The number of fused-ring (bicyclic) bond motifs is 1. The fourth-order valence-corrected chi connectivity index (χ4v) is 6.34. The van der Waals surface area contributed by atoms with Gasteiger partial charge in [0.1, 0.15) is 22.1 Å². The van der Waals surface area contributed by atoms with E-state index < -0.39 is 5.54 Å². The van der Waals surface area contributed by atoms with Gasteiger partial charge in [-0.3, -0.25) is 9.59 Å². The van der Waals surface area contributed by atoms with E-state index in [-0.39, 0.29) is 29.5 Å². The van der Waals surface area contributed by atoms with Crippen LogP contribution in [0.25, 0.3) is 0 Å². The molecule has 3 atom stereocenters. The van der Waals surface area contributed by atoms with Gasteiger partial charge in [-0.2, -0.15) is 0 Å². The van der Waals surface area contributed by atoms with Crippen molar-refractivity contribution in [2.45, 2.75) is 25.0 Å². The molecule has 1 saturated heterocycles. The van der Waals surface area contributed by atoms with Gasteiger partial charge in [-0.1, -0.05) is 41.6 Å². The van der Waals surface area contributed by atoms with E-state index in [0.717, 1.165) is 17.2 Å². The molecule has 2 N–H and O–H groups in total. The molecule has 0 saturated carbocycles. The number of amides is 2. The van der Waals surface area contributed by atoms with E-state index in [0.29, 0.717) is 28.2 Å². The molecule has 2 amide bonds. The topological polar surface area (TPSA) is 106 Å². The zero-order valence-corrected chi connectivity index (χ0v) is 21.1. The number of benzene rings is 1. The lowest BCUT2D eigenvalue weighted by molar-refractivity contribution is -0.0466. The average molecular weight is 528 g/mol. The van der Waals surface area contributed by atoms with E-state index in [9.17, 15) is 9.59 Å². The van der Waals surface area contributed by atoms with Crippen molar-refractivity contribution in [3.05, 3.63) is 75.3 Å². The van der Waals surface area contributed by atoms with Crippen LogP contribution in [0.4, 0.5) is 5.82 Å². The van der Waals surface area contributed by atoms with Gasteiger partial charge in [-0.15, -0.1) is 11.3 Å². The molecule has 35 heavy (non-hydrogen) atoms. The predicted molar refractivity (Wildman–Crippen MR) is 138 cm³/mol. The smallest absolute Gasteiger partial charge is 0.275 e. The van der Waals surface area contributed by atoms with Crippen molar-refractivity contribution in [2.24, 2.45) is 10.9 Å². The third kappa shape index (κ3) is 5.11. The molecule has 0 radical (unpaired) electrons. The Bertz CT molecular complexity index is 1270. The number of nitrogens with zero attached hydrogens (tertiary/aromatic N) is 3. The number of anilines is 1. The number of hydrogen-bond acceptors (Lipinski definition) is 8.